The summed E-state index contributed by atoms with van der Waals surface area (Å²) in [6, 6.07) is 0. The summed E-state index contributed by atoms with van der Waals surface area (Å²) in [6.45, 7) is 1.06. The highest BCUT2D eigenvalue weighted by atomic mass is 16.4. The minimum Gasteiger partial charge on any atom is -0.481 e. The molecule has 0 amide bonds. The Kier molecular flexibility index (Phi) is 9.34. The Morgan fingerprint density at radius 2 is 1.69 bits per heavy atom. The molecule has 0 spiro atoms. The average Bonchev–Trinajstić information content (AvgIpc) is 1.83. The van der Waals surface area contributed by atoms with Crippen molar-refractivity contribution in [3.05, 3.63) is 0 Å². The Balaban J connectivity index is 0. The normalized spacial score (nSPS) is 8.15. The molecule has 13 heavy (non-hydrogen) atoms. The van der Waals surface area contributed by atoms with Crippen molar-refractivity contribution in [3.63, 3.8) is 0 Å². The summed E-state index contributed by atoms with van der Waals surface area (Å²) in [5.74, 6) is 2.28. The predicted octanol–water partition coefficient (Wildman–Crippen LogP) is -1.42. The molecule has 0 atom stereocenters. The maximum absolute atomic E-state index is 9.87. The summed E-state index contributed by atoms with van der Waals surface area (Å²) in [4.78, 5) is 28.9. The van der Waals surface area contributed by atoms with Crippen LogP contribution in [0.3, 0.4) is 0 Å². The second kappa shape index (κ2) is 8.62. The summed E-state index contributed by atoms with van der Waals surface area (Å²) in [7, 11) is 0. The van der Waals surface area contributed by atoms with Crippen molar-refractivity contribution in [1.82, 2.24) is 5.43 Å². The van der Waals surface area contributed by atoms with E-state index in [0.717, 1.165) is 0 Å². The molecule has 0 unspecified atom stereocenters. The summed E-state index contributed by atoms with van der Waals surface area (Å²) < 4.78 is 0. The first-order chi connectivity index (χ1) is 5.90. The second-order valence-corrected chi connectivity index (χ2v) is 2.05. The van der Waals surface area contributed by atoms with Gasteiger partial charge < -0.3 is 10.2 Å². The first kappa shape index (κ1) is 14.1. The van der Waals surface area contributed by atoms with E-state index in [-0.39, 0.29) is 18.7 Å². The van der Waals surface area contributed by atoms with Crippen molar-refractivity contribution in [3.8, 4) is 0 Å². The van der Waals surface area contributed by atoms with Crippen molar-refractivity contribution in [2.45, 2.75) is 13.3 Å². The van der Waals surface area contributed by atoms with Gasteiger partial charge in [0.15, 0.2) is 0 Å². The van der Waals surface area contributed by atoms with Crippen LogP contribution in [0.15, 0.2) is 0 Å². The van der Waals surface area contributed by atoms with E-state index in [1.807, 2.05) is 5.43 Å². The van der Waals surface area contributed by atoms with Crippen molar-refractivity contribution in [2.24, 2.45) is 5.84 Å². The van der Waals surface area contributed by atoms with E-state index in [4.69, 9.17) is 10.2 Å². The van der Waals surface area contributed by atoms with E-state index in [1.54, 1.807) is 0 Å². The molecule has 0 rings (SSSR count). The lowest BCUT2D eigenvalue weighted by Gasteiger charge is -1.84. The van der Waals surface area contributed by atoms with Crippen molar-refractivity contribution in [1.29, 1.82) is 0 Å². The van der Waals surface area contributed by atoms with Crippen LogP contribution < -0.4 is 11.3 Å². The Morgan fingerprint density at radius 3 is 1.69 bits per heavy atom. The number of carbonyl (C=O) groups is 3. The van der Waals surface area contributed by atoms with Gasteiger partial charge in [-0.3, -0.25) is 20.2 Å². The fourth-order valence-corrected chi connectivity index (χ4v) is 0.300. The third-order valence-electron chi connectivity index (χ3n) is 0.653. The van der Waals surface area contributed by atoms with Crippen LogP contribution in [0.4, 0.5) is 0 Å². The molecule has 0 radical (unpaired) electrons. The lowest BCUT2D eigenvalue weighted by atomic mass is 10.3. The first-order valence-corrected chi connectivity index (χ1v) is 3.26. The fourth-order valence-electron chi connectivity index (χ4n) is 0.300. The molecule has 76 valence electrons. The van der Waals surface area contributed by atoms with Gasteiger partial charge in [0, 0.05) is 0 Å². The van der Waals surface area contributed by atoms with Crippen LogP contribution in [0.5, 0.6) is 0 Å². The Hall–Kier alpha value is -1.47. The highest BCUT2D eigenvalue weighted by molar-refractivity contribution is 5.93. The second-order valence-electron chi connectivity index (χ2n) is 2.05. The molecule has 0 fully saturated rings. The quantitative estimate of drug-likeness (QED) is 0.244. The van der Waals surface area contributed by atoms with Crippen molar-refractivity contribution in [2.75, 3.05) is 6.54 Å². The van der Waals surface area contributed by atoms with Crippen molar-refractivity contribution >= 4 is 17.7 Å². The van der Waals surface area contributed by atoms with Gasteiger partial charge in [-0.05, 0) is 6.92 Å². The Morgan fingerprint density at radius 1 is 1.23 bits per heavy atom. The molecular weight excluding hydrogens is 180 g/mol. The number of ketones is 1. The van der Waals surface area contributed by atoms with E-state index in [2.05, 4.69) is 5.84 Å². The first-order valence-electron chi connectivity index (χ1n) is 3.26. The predicted molar refractivity (Wildman–Crippen MR) is 42.8 cm³/mol. The standard InChI is InChI=1S/C4H6O3.C2H6N2O2/c1-3(5)2-4(6)7;3-4-1-2(5)6/h2H2,1H3,(H,6,7);4H,1,3H2,(H,5,6). The van der Waals surface area contributed by atoms with Crippen molar-refractivity contribution < 1.29 is 24.6 Å². The smallest absolute Gasteiger partial charge is 0.318 e. The van der Waals surface area contributed by atoms with Gasteiger partial charge in [-0.1, -0.05) is 0 Å². The minimum atomic E-state index is -1.06. The van der Waals surface area contributed by atoms with Crippen LogP contribution in [0.2, 0.25) is 0 Å². The molecule has 0 bridgehead atoms. The molecule has 7 nitrogen and oxygen atoms in total. The molecule has 7 heteroatoms. The number of nitrogens with two attached hydrogens (primary N) is 1. The van der Waals surface area contributed by atoms with E-state index in [9.17, 15) is 14.4 Å². The Labute approximate surface area is 74.5 Å². The number of aliphatic carboxylic acids is 2. The molecule has 0 aromatic heterocycles. The lowest BCUT2D eigenvalue weighted by molar-refractivity contribution is -0.140. The van der Waals surface area contributed by atoms with Crippen LogP contribution in [0, 0.1) is 0 Å². The molecule has 0 aliphatic carbocycles. The molecule has 0 heterocycles. The Bertz CT molecular complexity index is 179. The van der Waals surface area contributed by atoms with Gasteiger partial charge in [0.1, 0.15) is 18.7 Å². The molecular formula is C6H12N2O5. The topological polar surface area (TPSA) is 130 Å². The number of carboxylic acid groups (broad SMARTS) is 2. The summed E-state index contributed by atoms with van der Waals surface area (Å²) in [5.41, 5.74) is 1.97. The van der Waals surface area contributed by atoms with Gasteiger partial charge in [0.2, 0.25) is 0 Å². The lowest BCUT2D eigenvalue weighted by Crippen LogP contribution is -2.28. The number of Topliss-reactive ketones (excluding diaryl/α,β-unsaturated/α-hetero) is 1. The van der Waals surface area contributed by atoms with Crippen LogP contribution >= 0.6 is 0 Å². The molecule has 0 aliphatic heterocycles. The number of carbonyl (C=O) groups excluding carboxylic acids is 1. The maximum Gasteiger partial charge on any atom is 0.318 e. The number of rotatable bonds is 4. The van der Waals surface area contributed by atoms with Crippen LogP contribution in [-0.2, 0) is 14.4 Å². The molecule has 0 saturated heterocycles. The van der Waals surface area contributed by atoms with E-state index >= 15 is 0 Å². The molecule has 0 aromatic carbocycles. The third-order valence-corrected chi connectivity index (χ3v) is 0.653. The number of hydrogen-bond acceptors (Lipinski definition) is 5. The zero-order chi connectivity index (χ0) is 10.9. The highest BCUT2D eigenvalue weighted by Crippen LogP contribution is 1.77. The van der Waals surface area contributed by atoms with Gasteiger partial charge in [-0.15, -0.1) is 0 Å². The number of hydrogen-bond donors (Lipinski definition) is 4. The zero-order valence-corrected chi connectivity index (χ0v) is 7.11. The van der Waals surface area contributed by atoms with Gasteiger partial charge in [-0.2, -0.15) is 0 Å². The van der Waals surface area contributed by atoms with Gasteiger partial charge in [0.05, 0.1) is 0 Å². The highest BCUT2D eigenvalue weighted by Gasteiger charge is 1.98. The van der Waals surface area contributed by atoms with E-state index in [0.29, 0.717) is 0 Å². The van der Waals surface area contributed by atoms with Gasteiger partial charge in [-0.25, -0.2) is 5.43 Å². The molecule has 5 N–H and O–H groups in total. The number of nitrogens with one attached hydrogen (secondary N) is 1. The molecule has 0 saturated carbocycles. The van der Waals surface area contributed by atoms with E-state index in [1.165, 1.54) is 6.92 Å². The van der Waals surface area contributed by atoms with Crippen LogP contribution in [-0.4, -0.2) is 34.5 Å². The molecule has 0 aromatic rings. The SMILES string of the molecule is CC(=O)CC(=O)O.NNCC(=O)O. The maximum atomic E-state index is 9.87. The molecule has 0 aliphatic rings. The van der Waals surface area contributed by atoms with Gasteiger partial charge >= 0.3 is 11.9 Å². The summed E-state index contributed by atoms with van der Waals surface area (Å²) >= 11 is 0. The monoisotopic (exact) mass is 192 g/mol. The average molecular weight is 192 g/mol. The number of hydrazine groups is 1. The largest absolute Gasteiger partial charge is 0.481 e. The third kappa shape index (κ3) is 25.1. The van der Waals surface area contributed by atoms with E-state index < -0.39 is 11.9 Å². The zero-order valence-electron chi connectivity index (χ0n) is 7.11. The van der Waals surface area contributed by atoms with Crippen LogP contribution in [0.25, 0.3) is 0 Å². The van der Waals surface area contributed by atoms with Gasteiger partial charge in [0.25, 0.3) is 0 Å². The fraction of sp³-hybridized carbons (Fsp3) is 0.500. The summed E-state index contributed by atoms with van der Waals surface area (Å²) in [6.07, 6.45) is -0.361. The minimum absolute atomic E-state index is 0.181. The van der Waals surface area contributed by atoms with Crippen LogP contribution in [0.1, 0.15) is 13.3 Å². The summed E-state index contributed by atoms with van der Waals surface area (Å²) in [5, 5.41) is 15.6. The number of carboxylic acids is 2.